The number of rotatable bonds is 9. The SMILES string of the molecule is CCCCCCCNC(=O)CNc1ccc2ccccc2c1. The molecule has 22 heavy (non-hydrogen) atoms. The van der Waals surface area contributed by atoms with Crippen LogP contribution < -0.4 is 10.6 Å². The van der Waals surface area contributed by atoms with Gasteiger partial charge in [0.1, 0.15) is 0 Å². The second-order valence-corrected chi connectivity index (χ2v) is 5.68. The number of hydrogen-bond donors (Lipinski definition) is 2. The summed E-state index contributed by atoms with van der Waals surface area (Å²) in [6.07, 6.45) is 6.08. The molecule has 0 bridgehead atoms. The second-order valence-electron chi connectivity index (χ2n) is 5.68. The van der Waals surface area contributed by atoms with Crippen LogP contribution in [0.15, 0.2) is 42.5 Å². The van der Waals surface area contributed by atoms with Crippen molar-refractivity contribution in [3.8, 4) is 0 Å². The second kappa shape index (κ2) is 9.08. The molecule has 0 fully saturated rings. The van der Waals surface area contributed by atoms with Gasteiger partial charge in [-0.05, 0) is 29.3 Å². The molecule has 118 valence electrons. The lowest BCUT2D eigenvalue weighted by Crippen LogP contribution is -2.30. The average Bonchev–Trinajstić information content (AvgIpc) is 2.56. The van der Waals surface area contributed by atoms with Gasteiger partial charge in [-0.25, -0.2) is 0 Å². The Kier molecular flexibility index (Phi) is 6.75. The van der Waals surface area contributed by atoms with Crippen LogP contribution in [0.4, 0.5) is 5.69 Å². The minimum Gasteiger partial charge on any atom is -0.376 e. The first-order valence-corrected chi connectivity index (χ1v) is 8.29. The molecule has 1 amide bonds. The molecular formula is C19H26N2O. The summed E-state index contributed by atoms with van der Waals surface area (Å²) in [5.74, 6) is 0.0589. The zero-order valence-electron chi connectivity index (χ0n) is 13.4. The fourth-order valence-electron chi connectivity index (χ4n) is 2.50. The van der Waals surface area contributed by atoms with E-state index in [0.29, 0.717) is 6.54 Å². The number of benzene rings is 2. The zero-order chi connectivity index (χ0) is 15.6. The standard InChI is InChI=1S/C19H26N2O/c1-2-3-4-5-8-13-20-19(22)15-21-18-12-11-16-9-6-7-10-17(16)14-18/h6-7,9-12,14,21H,2-5,8,13,15H2,1H3,(H,20,22). The molecule has 0 aliphatic heterocycles. The van der Waals surface area contributed by atoms with E-state index >= 15 is 0 Å². The summed E-state index contributed by atoms with van der Waals surface area (Å²) in [4.78, 5) is 11.8. The predicted octanol–water partition coefficient (Wildman–Crippen LogP) is 4.34. The van der Waals surface area contributed by atoms with Gasteiger partial charge in [0.05, 0.1) is 6.54 Å². The summed E-state index contributed by atoms with van der Waals surface area (Å²) >= 11 is 0. The molecular weight excluding hydrogens is 272 g/mol. The average molecular weight is 298 g/mol. The molecule has 3 heteroatoms. The Morgan fingerprint density at radius 3 is 2.55 bits per heavy atom. The van der Waals surface area contributed by atoms with Crippen molar-refractivity contribution in [3.63, 3.8) is 0 Å². The van der Waals surface area contributed by atoms with E-state index in [0.717, 1.165) is 18.7 Å². The minimum atomic E-state index is 0.0589. The predicted molar refractivity (Wildman–Crippen MR) is 94.2 cm³/mol. The first-order chi connectivity index (χ1) is 10.8. The highest BCUT2D eigenvalue weighted by atomic mass is 16.1. The Bertz CT molecular complexity index is 595. The van der Waals surface area contributed by atoms with E-state index in [9.17, 15) is 4.79 Å². The van der Waals surface area contributed by atoms with Gasteiger partial charge in [0, 0.05) is 12.2 Å². The Morgan fingerprint density at radius 2 is 1.73 bits per heavy atom. The quantitative estimate of drug-likeness (QED) is 0.676. The van der Waals surface area contributed by atoms with E-state index in [-0.39, 0.29) is 5.91 Å². The Labute approximate surface area is 133 Å². The van der Waals surface area contributed by atoms with E-state index in [2.05, 4.69) is 41.8 Å². The summed E-state index contributed by atoms with van der Waals surface area (Å²) < 4.78 is 0. The number of amides is 1. The summed E-state index contributed by atoms with van der Waals surface area (Å²) in [7, 11) is 0. The topological polar surface area (TPSA) is 41.1 Å². The Morgan fingerprint density at radius 1 is 0.955 bits per heavy atom. The van der Waals surface area contributed by atoms with Gasteiger partial charge in [-0.1, -0.05) is 62.9 Å². The number of anilines is 1. The van der Waals surface area contributed by atoms with Gasteiger partial charge in [0.25, 0.3) is 0 Å². The van der Waals surface area contributed by atoms with Gasteiger partial charge in [-0.3, -0.25) is 4.79 Å². The molecule has 0 unspecified atom stereocenters. The monoisotopic (exact) mass is 298 g/mol. The van der Waals surface area contributed by atoms with Crippen molar-refractivity contribution in [2.75, 3.05) is 18.4 Å². The third kappa shape index (κ3) is 5.40. The van der Waals surface area contributed by atoms with Gasteiger partial charge in [0.2, 0.25) is 5.91 Å². The van der Waals surface area contributed by atoms with Gasteiger partial charge in [-0.2, -0.15) is 0 Å². The van der Waals surface area contributed by atoms with E-state index in [1.54, 1.807) is 0 Å². The molecule has 0 radical (unpaired) electrons. The third-order valence-electron chi connectivity index (χ3n) is 3.81. The maximum absolute atomic E-state index is 11.8. The van der Waals surface area contributed by atoms with E-state index in [1.165, 1.54) is 36.5 Å². The normalized spacial score (nSPS) is 10.6. The smallest absolute Gasteiger partial charge is 0.239 e. The van der Waals surface area contributed by atoms with Crippen molar-refractivity contribution in [2.45, 2.75) is 39.0 Å². The number of nitrogens with one attached hydrogen (secondary N) is 2. The molecule has 0 aliphatic rings. The lowest BCUT2D eigenvalue weighted by molar-refractivity contribution is -0.119. The number of fused-ring (bicyclic) bond motifs is 1. The fourth-order valence-corrected chi connectivity index (χ4v) is 2.50. The number of unbranched alkanes of at least 4 members (excludes halogenated alkanes) is 4. The van der Waals surface area contributed by atoms with Gasteiger partial charge in [0.15, 0.2) is 0 Å². The lowest BCUT2D eigenvalue weighted by Gasteiger charge is -2.08. The Hall–Kier alpha value is -2.03. The summed E-state index contributed by atoms with van der Waals surface area (Å²) in [5.41, 5.74) is 0.983. The van der Waals surface area contributed by atoms with Crippen molar-refractivity contribution < 1.29 is 4.79 Å². The van der Waals surface area contributed by atoms with Crippen LogP contribution in [-0.2, 0) is 4.79 Å². The molecule has 0 saturated heterocycles. The molecule has 3 nitrogen and oxygen atoms in total. The van der Waals surface area contributed by atoms with Crippen molar-refractivity contribution in [2.24, 2.45) is 0 Å². The molecule has 0 spiro atoms. The van der Waals surface area contributed by atoms with Crippen LogP contribution in [0, 0.1) is 0 Å². The van der Waals surface area contributed by atoms with Gasteiger partial charge < -0.3 is 10.6 Å². The minimum absolute atomic E-state index is 0.0589. The van der Waals surface area contributed by atoms with Crippen molar-refractivity contribution in [1.29, 1.82) is 0 Å². The Balaban J connectivity index is 1.69. The van der Waals surface area contributed by atoms with Crippen LogP contribution in [0.3, 0.4) is 0 Å². The van der Waals surface area contributed by atoms with Gasteiger partial charge in [-0.15, -0.1) is 0 Å². The largest absolute Gasteiger partial charge is 0.376 e. The van der Waals surface area contributed by atoms with E-state index in [1.807, 2.05) is 18.2 Å². The molecule has 0 atom stereocenters. The van der Waals surface area contributed by atoms with Crippen molar-refractivity contribution in [1.82, 2.24) is 5.32 Å². The molecule has 0 aliphatic carbocycles. The van der Waals surface area contributed by atoms with E-state index < -0.39 is 0 Å². The highest BCUT2D eigenvalue weighted by Crippen LogP contribution is 2.18. The van der Waals surface area contributed by atoms with Gasteiger partial charge >= 0.3 is 0 Å². The molecule has 2 rings (SSSR count). The summed E-state index contributed by atoms with van der Waals surface area (Å²) in [5, 5.41) is 8.55. The number of hydrogen-bond acceptors (Lipinski definition) is 2. The first kappa shape index (κ1) is 16.3. The first-order valence-electron chi connectivity index (χ1n) is 8.29. The molecule has 0 aromatic heterocycles. The van der Waals surface area contributed by atoms with Crippen molar-refractivity contribution >= 4 is 22.4 Å². The summed E-state index contributed by atoms with van der Waals surface area (Å²) in [6.45, 7) is 3.31. The van der Waals surface area contributed by atoms with Crippen LogP contribution in [0.2, 0.25) is 0 Å². The maximum Gasteiger partial charge on any atom is 0.239 e. The van der Waals surface area contributed by atoms with Crippen LogP contribution in [0.5, 0.6) is 0 Å². The van der Waals surface area contributed by atoms with E-state index in [4.69, 9.17) is 0 Å². The molecule has 2 aromatic rings. The van der Waals surface area contributed by atoms with Crippen LogP contribution in [0.1, 0.15) is 39.0 Å². The maximum atomic E-state index is 11.8. The van der Waals surface area contributed by atoms with Crippen LogP contribution in [0.25, 0.3) is 10.8 Å². The third-order valence-corrected chi connectivity index (χ3v) is 3.81. The highest BCUT2D eigenvalue weighted by molar-refractivity contribution is 5.87. The number of carbonyl (C=O) groups is 1. The molecule has 0 saturated carbocycles. The molecule has 2 N–H and O–H groups in total. The zero-order valence-corrected chi connectivity index (χ0v) is 13.4. The van der Waals surface area contributed by atoms with Crippen LogP contribution >= 0.6 is 0 Å². The fraction of sp³-hybridized carbons (Fsp3) is 0.421. The highest BCUT2D eigenvalue weighted by Gasteiger charge is 2.01. The van der Waals surface area contributed by atoms with Crippen molar-refractivity contribution in [3.05, 3.63) is 42.5 Å². The summed E-state index contributed by atoms with van der Waals surface area (Å²) in [6, 6.07) is 14.4. The number of carbonyl (C=O) groups excluding carboxylic acids is 1. The molecule has 0 heterocycles. The molecule has 2 aromatic carbocycles. The van der Waals surface area contributed by atoms with Crippen LogP contribution in [-0.4, -0.2) is 19.0 Å². The lowest BCUT2D eigenvalue weighted by atomic mass is 10.1.